The summed E-state index contributed by atoms with van der Waals surface area (Å²) >= 11 is 0. The minimum atomic E-state index is -0.102. The van der Waals surface area contributed by atoms with Gasteiger partial charge in [0.25, 0.3) is 0 Å². The maximum absolute atomic E-state index is 10.8. The zero-order valence-electron chi connectivity index (χ0n) is 9.14. The smallest absolute Gasteiger partial charge is 0.205 e. The van der Waals surface area contributed by atoms with Crippen molar-refractivity contribution in [2.45, 2.75) is 0 Å². The molecular formula is C10H11NO5. The number of hydrogen-bond donors (Lipinski definition) is 0. The second-order valence-electron chi connectivity index (χ2n) is 2.79. The maximum Gasteiger partial charge on any atom is 0.205 e. The number of benzene rings is 1. The zero-order valence-corrected chi connectivity index (χ0v) is 9.14. The number of nitrogens with zero attached hydrogens (tertiary/aromatic N) is 1. The Morgan fingerprint density at radius 1 is 1.12 bits per heavy atom. The molecule has 86 valence electrons. The predicted octanol–water partition coefficient (Wildman–Crippen LogP) is 1.92. The number of carbonyl (C=O) groups is 1. The molecule has 0 unspecified atom stereocenters. The Kier molecular flexibility index (Phi) is 3.82. The van der Waals surface area contributed by atoms with Crippen LogP contribution in [0.5, 0.6) is 17.2 Å². The van der Waals surface area contributed by atoms with E-state index in [1.165, 1.54) is 27.4 Å². The van der Waals surface area contributed by atoms with Gasteiger partial charge in [0, 0.05) is 0 Å². The van der Waals surface area contributed by atoms with Crippen molar-refractivity contribution in [3.05, 3.63) is 16.5 Å². The van der Waals surface area contributed by atoms with Crippen molar-refractivity contribution < 1.29 is 19.0 Å². The van der Waals surface area contributed by atoms with Crippen LogP contribution in [0.1, 0.15) is 10.4 Å². The van der Waals surface area contributed by atoms with Gasteiger partial charge in [0.2, 0.25) is 5.75 Å². The molecule has 0 radical (unpaired) electrons. The Bertz CT molecular complexity index is 416. The molecule has 1 rings (SSSR count). The van der Waals surface area contributed by atoms with Gasteiger partial charge in [0.15, 0.2) is 23.5 Å². The number of nitroso groups, excluding NO2 is 1. The van der Waals surface area contributed by atoms with Crippen LogP contribution >= 0.6 is 0 Å². The van der Waals surface area contributed by atoms with Gasteiger partial charge in [-0.1, -0.05) is 0 Å². The number of carbonyl (C=O) groups excluding carboxylic acids is 1. The number of methoxy groups -OCH3 is 3. The fraction of sp³-hybridized carbons (Fsp3) is 0.300. The fourth-order valence-corrected chi connectivity index (χ4v) is 1.34. The Balaban J connectivity index is 3.60. The van der Waals surface area contributed by atoms with Gasteiger partial charge in [0.05, 0.1) is 26.9 Å². The highest BCUT2D eigenvalue weighted by atomic mass is 16.5. The summed E-state index contributed by atoms with van der Waals surface area (Å²) in [5, 5.41) is 2.75. The molecule has 6 heteroatoms. The van der Waals surface area contributed by atoms with Crippen molar-refractivity contribution in [3.63, 3.8) is 0 Å². The van der Waals surface area contributed by atoms with Crippen LogP contribution in [0.15, 0.2) is 11.2 Å². The van der Waals surface area contributed by atoms with E-state index in [4.69, 9.17) is 14.2 Å². The zero-order chi connectivity index (χ0) is 12.1. The molecule has 0 atom stereocenters. The number of rotatable bonds is 5. The lowest BCUT2D eigenvalue weighted by Crippen LogP contribution is -1.97. The van der Waals surface area contributed by atoms with Gasteiger partial charge in [-0.2, -0.15) is 0 Å². The normalized spacial score (nSPS) is 9.44. The van der Waals surface area contributed by atoms with Crippen LogP contribution in [0, 0.1) is 4.91 Å². The van der Waals surface area contributed by atoms with Crippen LogP contribution in [0.3, 0.4) is 0 Å². The van der Waals surface area contributed by atoms with E-state index >= 15 is 0 Å². The predicted molar refractivity (Wildman–Crippen MR) is 56.9 cm³/mol. The van der Waals surface area contributed by atoms with E-state index in [2.05, 4.69) is 5.18 Å². The van der Waals surface area contributed by atoms with E-state index in [0.717, 1.165) is 0 Å². The molecule has 0 saturated heterocycles. The third-order valence-electron chi connectivity index (χ3n) is 2.05. The van der Waals surface area contributed by atoms with Gasteiger partial charge in [-0.05, 0) is 11.2 Å². The van der Waals surface area contributed by atoms with Crippen LogP contribution in [-0.4, -0.2) is 27.6 Å². The molecule has 0 aliphatic carbocycles. The summed E-state index contributed by atoms with van der Waals surface area (Å²) in [4.78, 5) is 21.4. The van der Waals surface area contributed by atoms with E-state index in [1.54, 1.807) is 0 Å². The fourth-order valence-electron chi connectivity index (χ4n) is 1.34. The molecule has 0 bridgehead atoms. The van der Waals surface area contributed by atoms with E-state index in [1.807, 2.05) is 0 Å². The molecule has 0 fully saturated rings. The molecule has 0 spiro atoms. The molecule has 6 nitrogen and oxygen atoms in total. The highest BCUT2D eigenvalue weighted by Crippen LogP contribution is 2.45. The van der Waals surface area contributed by atoms with Crippen LogP contribution in [-0.2, 0) is 0 Å². The van der Waals surface area contributed by atoms with E-state index < -0.39 is 0 Å². The van der Waals surface area contributed by atoms with E-state index in [-0.39, 0.29) is 22.7 Å². The van der Waals surface area contributed by atoms with Crippen molar-refractivity contribution in [3.8, 4) is 17.2 Å². The van der Waals surface area contributed by atoms with Gasteiger partial charge >= 0.3 is 0 Å². The highest BCUT2D eigenvalue weighted by molar-refractivity contribution is 5.88. The average Bonchev–Trinajstić information content (AvgIpc) is 2.35. The molecule has 0 amide bonds. The number of ether oxygens (including phenoxy) is 3. The first-order valence-corrected chi connectivity index (χ1v) is 4.35. The Morgan fingerprint density at radius 3 is 2.12 bits per heavy atom. The SMILES string of the molecule is COc1cc(C=O)c(N=O)c(OC)c1OC. The molecule has 0 saturated carbocycles. The van der Waals surface area contributed by atoms with Gasteiger partial charge in [-0.25, -0.2) is 0 Å². The minimum absolute atomic E-state index is 0.0824. The summed E-state index contributed by atoms with van der Waals surface area (Å²) in [6.07, 6.45) is 0.501. The Labute approximate surface area is 92.1 Å². The lowest BCUT2D eigenvalue weighted by atomic mass is 10.1. The third kappa shape index (κ3) is 1.81. The van der Waals surface area contributed by atoms with Crippen molar-refractivity contribution in [2.75, 3.05) is 21.3 Å². The summed E-state index contributed by atoms with van der Waals surface area (Å²) in [5.74, 6) is 0.609. The second-order valence-corrected chi connectivity index (χ2v) is 2.79. The first kappa shape index (κ1) is 12.0. The van der Waals surface area contributed by atoms with Crippen LogP contribution in [0.25, 0.3) is 0 Å². The van der Waals surface area contributed by atoms with Gasteiger partial charge in [-0.15, -0.1) is 4.91 Å². The Morgan fingerprint density at radius 2 is 1.75 bits per heavy atom. The van der Waals surface area contributed by atoms with Gasteiger partial charge in [0.1, 0.15) is 0 Å². The standard InChI is InChI=1S/C10H11NO5/c1-14-7-4-6(5-12)8(11-13)10(16-3)9(7)15-2/h4-5H,1-3H3. The average molecular weight is 225 g/mol. The van der Waals surface area contributed by atoms with Gasteiger partial charge < -0.3 is 14.2 Å². The van der Waals surface area contributed by atoms with Gasteiger partial charge in [-0.3, -0.25) is 4.79 Å². The van der Waals surface area contributed by atoms with Crippen molar-refractivity contribution in [2.24, 2.45) is 5.18 Å². The molecule has 0 aliphatic heterocycles. The van der Waals surface area contributed by atoms with E-state index in [9.17, 15) is 9.70 Å². The summed E-state index contributed by atoms with van der Waals surface area (Å²) < 4.78 is 15.0. The number of hydrogen-bond acceptors (Lipinski definition) is 6. The lowest BCUT2D eigenvalue weighted by Gasteiger charge is -2.13. The summed E-state index contributed by atoms with van der Waals surface area (Å²) in [7, 11) is 4.16. The first-order chi connectivity index (χ1) is 7.73. The summed E-state index contributed by atoms with van der Waals surface area (Å²) in [6, 6.07) is 1.37. The van der Waals surface area contributed by atoms with Crippen molar-refractivity contribution >= 4 is 12.0 Å². The Hall–Kier alpha value is -2.11. The quantitative estimate of drug-likeness (QED) is 0.565. The number of aldehydes is 1. The molecule has 1 aromatic rings. The summed E-state index contributed by atoms with van der Waals surface area (Å²) in [6.45, 7) is 0. The highest BCUT2D eigenvalue weighted by Gasteiger charge is 2.20. The topological polar surface area (TPSA) is 74.2 Å². The molecule has 0 aliphatic rings. The van der Waals surface area contributed by atoms with E-state index in [0.29, 0.717) is 12.0 Å². The minimum Gasteiger partial charge on any atom is -0.493 e. The molecule has 1 aromatic carbocycles. The van der Waals surface area contributed by atoms with Crippen LogP contribution < -0.4 is 14.2 Å². The first-order valence-electron chi connectivity index (χ1n) is 4.35. The molecule has 0 aromatic heterocycles. The molecular weight excluding hydrogens is 214 g/mol. The molecule has 0 heterocycles. The monoisotopic (exact) mass is 225 g/mol. The van der Waals surface area contributed by atoms with Crippen molar-refractivity contribution in [1.82, 2.24) is 0 Å². The molecule has 0 N–H and O–H groups in total. The largest absolute Gasteiger partial charge is 0.493 e. The maximum atomic E-state index is 10.8. The second kappa shape index (κ2) is 5.11. The van der Waals surface area contributed by atoms with Crippen LogP contribution in [0.2, 0.25) is 0 Å². The van der Waals surface area contributed by atoms with Crippen molar-refractivity contribution in [1.29, 1.82) is 0 Å². The molecule has 16 heavy (non-hydrogen) atoms. The summed E-state index contributed by atoms with van der Waals surface area (Å²) in [5.41, 5.74) is -0.0142. The van der Waals surface area contributed by atoms with Crippen LogP contribution in [0.4, 0.5) is 5.69 Å². The lowest BCUT2D eigenvalue weighted by molar-refractivity contribution is 0.112. The third-order valence-corrected chi connectivity index (χ3v) is 2.05.